The van der Waals surface area contributed by atoms with Crippen LogP contribution in [0.1, 0.15) is 0 Å². The van der Waals surface area contributed by atoms with E-state index < -0.39 is 8.07 Å². The van der Waals surface area contributed by atoms with Crippen LogP contribution < -0.4 is 9.47 Å². The number of benzene rings is 1. The molecule has 21 heavy (non-hydrogen) atoms. The Morgan fingerprint density at radius 3 is 2.38 bits per heavy atom. The monoisotopic (exact) mass is 308 g/mol. The Morgan fingerprint density at radius 1 is 1.10 bits per heavy atom. The molecule has 0 N–H and O–H groups in total. The predicted molar refractivity (Wildman–Crippen MR) is 86.9 cm³/mol. The molecule has 0 fully saturated rings. The van der Waals surface area contributed by atoms with E-state index in [1.807, 2.05) is 23.0 Å². The van der Waals surface area contributed by atoms with E-state index in [1.54, 1.807) is 14.2 Å². The molecule has 0 atom stereocenters. The Morgan fingerprint density at radius 2 is 1.76 bits per heavy atom. The van der Waals surface area contributed by atoms with Crippen molar-refractivity contribution in [3.05, 3.63) is 18.3 Å². The van der Waals surface area contributed by atoms with E-state index in [2.05, 4.69) is 24.7 Å². The van der Waals surface area contributed by atoms with E-state index in [-0.39, 0.29) is 0 Å². The van der Waals surface area contributed by atoms with Crippen molar-refractivity contribution in [1.82, 2.24) is 9.78 Å². The van der Waals surface area contributed by atoms with Crippen LogP contribution in [0.2, 0.25) is 25.7 Å². The van der Waals surface area contributed by atoms with Crippen molar-refractivity contribution in [2.75, 3.05) is 20.8 Å². The highest BCUT2D eigenvalue weighted by Gasteiger charge is 2.13. The van der Waals surface area contributed by atoms with Crippen molar-refractivity contribution >= 4 is 19.0 Å². The molecule has 1 aromatic carbocycles. The Bertz CT molecular complexity index is 605. The van der Waals surface area contributed by atoms with Crippen molar-refractivity contribution in [1.29, 1.82) is 0 Å². The fraction of sp³-hybridized carbons (Fsp3) is 0.533. The van der Waals surface area contributed by atoms with E-state index in [0.717, 1.165) is 23.6 Å². The fourth-order valence-corrected chi connectivity index (χ4v) is 2.79. The van der Waals surface area contributed by atoms with Crippen LogP contribution in [0.25, 0.3) is 10.9 Å². The van der Waals surface area contributed by atoms with E-state index >= 15 is 0 Å². The normalized spacial score (nSPS) is 11.9. The minimum Gasteiger partial charge on any atom is -0.493 e. The molecule has 2 rings (SSSR count). The second-order valence-electron chi connectivity index (χ2n) is 6.26. The smallest absolute Gasteiger partial charge is 0.162 e. The summed E-state index contributed by atoms with van der Waals surface area (Å²) >= 11 is 0. The van der Waals surface area contributed by atoms with Crippen LogP contribution in [0, 0.1) is 0 Å². The van der Waals surface area contributed by atoms with E-state index in [4.69, 9.17) is 14.2 Å². The molecule has 0 aliphatic heterocycles. The maximum absolute atomic E-state index is 5.76. The number of aromatic nitrogens is 2. The van der Waals surface area contributed by atoms with E-state index in [0.29, 0.717) is 18.2 Å². The summed E-state index contributed by atoms with van der Waals surface area (Å²) < 4.78 is 18.2. The first-order valence-electron chi connectivity index (χ1n) is 7.10. The molecule has 1 aromatic heterocycles. The van der Waals surface area contributed by atoms with Crippen molar-refractivity contribution in [3.8, 4) is 11.5 Å². The third-order valence-corrected chi connectivity index (χ3v) is 5.06. The van der Waals surface area contributed by atoms with Crippen molar-refractivity contribution in [2.45, 2.75) is 32.4 Å². The van der Waals surface area contributed by atoms with Gasteiger partial charge in [0.1, 0.15) is 6.73 Å². The molecular formula is C15H24N2O3Si. The summed E-state index contributed by atoms with van der Waals surface area (Å²) in [5, 5.41) is 5.39. The number of ether oxygens (including phenoxy) is 3. The fourth-order valence-electron chi connectivity index (χ4n) is 2.04. The molecule has 0 radical (unpaired) electrons. The lowest BCUT2D eigenvalue weighted by Crippen LogP contribution is -2.22. The predicted octanol–water partition coefficient (Wildman–Crippen LogP) is 3.37. The Hall–Kier alpha value is -1.53. The lowest BCUT2D eigenvalue weighted by atomic mass is 10.2. The van der Waals surface area contributed by atoms with Gasteiger partial charge in [0, 0.05) is 26.1 Å². The lowest BCUT2D eigenvalue weighted by molar-refractivity contribution is 0.0817. The number of fused-ring (bicyclic) bond motifs is 1. The summed E-state index contributed by atoms with van der Waals surface area (Å²) in [7, 11) is 2.22. The summed E-state index contributed by atoms with van der Waals surface area (Å²) in [6.07, 6.45) is 1.82. The van der Waals surface area contributed by atoms with Gasteiger partial charge in [-0.3, -0.25) is 0 Å². The molecule has 0 bridgehead atoms. The zero-order chi connectivity index (χ0) is 15.5. The average Bonchev–Trinajstić information content (AvgIpc) is 2.83. The molecule has 116 valence electrons. The topological polar surface area (TPSA) is 45.5 Å². The Labute approximate surface area is 126 Å². The number of rotatable bonds is 7. The second kappa shape index (κ2) is 6.49. The zero-order valence-electron chi connectivity index (χ0n) is 13.5. The highest BCUT2D eigenvalue weighted by molar-refractivity contribution is 6.76. The van der Waals surface area contributed by atoms with Gasteiger partial charge < -0.3 is 14.2 Å². The Kier molecular flexibility index (Phi) is 4.90. The van der Waals surface area contributed by atoms with Gasteiger partial charge in [0.05, 0.1) is 25.9 Å². The van der Waals surface area contributed by atoms with Crippen LogP contribution in [-0.2, 0) is 11.5 Å². The van der Waals surface area contributed by atoms with Gasteiger partial charge in [0.2, 0.25) is 0 Å². The van der Waals surface area contributed by atoms with E-state index in [9.17, 15) is 0 Å². The summed E-state index contributed by atoms with van der Waals surface area (Å²) in [5.74, 6) is 1.41. The minimum absolute atomic E-state index is 0.462. The van der Waals surface area contributed by atoms with Gasteiger partial charge in [0.25, 0.3) is 0 Å². The number of hydrogen-bond donors (Lipinski definition) is 0. The van der Waals surface area contributed by atoms with Gasteiger partial charge in [-0.15, -0.1) is 0 Å². The van der Waals surface area contributed by atoms with Gasteiger partial charge in [-0.2, -0.15) is 5.10 Å². The third kappa shape index (κ3) is 3.98. The zero-order valence-corrected chi connectivity index (χ0v) is 14.5. The van der Waals surface area contributed by atoms with Gasteiger partial charge in [-0.1, -0.05) is 19.6 Å². The van der Waals surface area contributed by atoms with Crippen LogP contribution in [0.4, 0.5) is 0 Å². The van der Waals surface area contributed by atoms with E-state index in [1.165, 1.54) is 0 Å². The molecule has 6 heteroatoms. The summed E-state index contributed by atoms with van der Waals surface area (Å²) in [4.78, 5) is 0. The molecule has 0 saturated carbocycles. The molecule has 5 nitrogen and oxygen atoms in total. The molecule has 0 saturated heterocycles. The van der Waals surface area contributed by atoms with Gasteiger partial charge >= 0.3 is 0 Å². The maximum Gasteiger partial charge on any atom is 0.162 e. The average molecular weight is 308 g/mol. The second-order valence-corrected chi connectivity index (χ2v) is 11.9. The van der Waals surface area contributed by atoms with Crippen LogP contribution in [0.5, 0.6) is 11.5 Å². The minimum atomic E-state index is -1.05. The van der Waals surface area contributed by atoms with Gasteiger partial charge in [0.15, 0.2) is 11.5 Å². The van der Waals surface area contributed by atoms with Crippen molar-refractivity contribution in [3.63, 3.8) is 0 Å². The number of methoxy groups -OCH3 is 2. The highest BCUT2D eigenvalue weighted by atomic mass is 28.3. The highest BCUT2D eigenvalue weighted by Crippen LogP contribution is 2.31. The van der Waals surface area contributed by atoms with Crippen molar-refractivity contribution < 1.29 is 14.2 Å². The molecule has 0 spiro atoms. The molecule has 1 heterocycles. The van der Waals surface area contributed by atoms with Crippen LogP contribution in [0.15, 0.2) is 18.3 Å². The molecule has 0 unspecified atom stereocenters. The van der Waals surface area contributed by atoms with Crippen LogP contribution in [0.3, 0.4) is 0 Å². The third-order valence-electron chi connectivity index (χ3n) is 3.36. The van der Waals surface area contributed by atoms with Crippen LogP contribution >= 0.6 is 0 Å². The summed E-state index contributed by atoms with van der Waals surface area (Å²) in [5.41, 5.74) is 0.987. The lowest BCUT2D eigenvalue weighted by Gasteiger charge is -2.15. The molecule has 0 aliphatic rings. The Balaban J connectivity index is 2.10. The molecule has 0 amide bonds. The summed E-state index contributed by atoms with van der Waals surface area (Å²) in [6.45, 7) is 8.28. The first-order valence-corrected chi connectivity index (χ1v) is 10.8. The maximum atomic E-state index is 5.76. The quantitative estimate of drug-likeness (QED) is 0.581. The first-order chi connectivity index (χ1) is 9.94. The van der Waals surface area contributed by atoms with Gasteiger partial charge in [-0.05, 0) is 12.1 Å². The van der Waals surface area contributed by atoms with Gasteiger partial charge in [-0.25, -0.2) is 4.68 Å². The largest absolute Gasteiger partial charge is 0.493 e. The molecule has 2 aromatic rings. The van der Waals surface area contributed by atoms with Crippen LogP contribution in [-0.4, -0.2) is 38.7 Å². The molecule has 0 aliphatic carbocycles. The summed E-state index contributed by atoms with van der Waals surface area (Å²) in [6, 6.07) is 5.02. The number of hydrogen-bond acceptors (Lipinski definition) is 4. The SMILES string of the molecule is COc1cc2cnn(COCC[Si](C)(C)C)c2cc1OC. The van der Waals surface area contributed by atoms with Crippen molar-refractivity contribution in [2.24, 2.45) is 0 Å². The first kappa shape index (κ1) is 15.8. The number of nitrogens with zero attached hydrogens (tertiary/aromatic N) is 2. The standard InChI is InChI=1S/C15H24N2O3Si/c1-18-14-8-12-10-16-17(13(12)9-15(14)19-2)11-20-6-7-21(3,4)5/h8-10H,6-7,11H2,1-5H3. The molecular weight excluding hydrogens is 284 g/mol.